The molecular weight excluding hydrogens is 400 g/mol. The molecule has 144 valence electrons. The minimum atomic E-state index is -3.34. The van der Waals surface area contributed by atoms with E-state index in [0.29, 0.717) is 21.3 Å². The van der Waals surface area contributed by atoms with E-state index in [0.717, 1.165) is 6.26 Å². The predicted molar refractivity (Wildman–Crippen MR) is 105 cm³/mol. The van der Waals surface area contributed by atoms with Crippen molar-refractivity contribution >= 4 is 33.0 Å². The Morgan fingerprint density at radius 2 is 1.68 bits per heavy atom. The predicted octanol–water partition coefficient (Wildman–Crippen LogP) is 1.99. The highest BCUT2D eigenvalue weighted by atomic mass is 32.2. The Morgan fingerprint density at radius 3 is 2.29 bits per heavy atom. The molecule has 1 aromatic carbocycles. The number of benzene rings is 1. The molecule has 0 saturated heterocycles. The van der Waals surface area contributed by atoms with Gasteiger partial charge in [0, 0.05) is 18.0 Å². The highest BCUT2D eigenvalue weighted by Gasteiger charge is 2.18. The maximum Gasteiger partial charge on any atom is 0.281 e. The maximum atomic E-state index is 12.4. The molecule has 0 aliphatic rings. The monoisotopic (exact) mass is 416 g/mol. The number of sulfone groups is 1. The van der Waals surface area contributed by atoms with Crippen LogP contribution >= 0.6 is 11.3 Å². The molecule has 2 amide bonds. The molecule has 0 aliphatic carbocycles. The fourth-order valence-electron chi connectivity index (χ4n) is 2.30. The minimum Gasteiger partial charge on any atom is -0.267 e. The molecule has 0 unspecified atom stereocenters. The summed E-state index contributed by atoms with van der Waals surface area (Å²) in [7, 11) is -3.34. The second-order valence-corrected chi connectivity index (χ2v) is 8.87. The van der Waals surface area contributed by atoms with Crippen molar-refractivity contribution in [3.8, 4) is 10.7 Å². The number of carbonyl (C=O) groups excluding carboxylic acids is 2. The van der Waals surface area contributed by atoms with E-state index in [-0.39, 0.29) is 10.5 Å². The zero-order valence-corrected chi connectivity index (χ0v) is 16.6. The van der Waals surface area contributed by atoms with Crippen LogP contribution in [0.1, 0.15) is 25.7 Å². The Balaban J connectivity index is 1.67. The molecule has 2 aromatic heterocycles. The van der Waals surface area contributed by atoms with Gasteiger partial charge in [0.25, 0.3) is 11.8 Å². The average molecular weight is 416 g/mol. The quantitative estimate of drug-likeness (QED) is 0.628. The molecule has 3 aromatic rings. The lowest BCUT2D eigenvalue weighted by Crippen LogP contribution is -2.41. The summed E-state index contributed by atoms with van der Waals surface area (Å²) in [5, 5.41) is 0.603. The van der Waals surface area contributed by atoms with Gasteiger partial charge in [-0.1, -0.05) is 6.07 Å². The molecule has 0 aliphatic heterocycles. The third-order valence-corrected chi connectivity index (χ3v) is 6.03. The molecule has 0 fully saturated rings. The van der Waals surface area contributed by atoms with Crippen molar-refractivity contribution in [1.82, 2.24) is 20.8 Å². The first kappa shape index (κ1) is 19.6. The topological polar surface area (TPSA) is 118 Å². The summed E-state index contributed by atoms with van der Waals surface area (Å²) in [6.07, 6.45) is 2.72. The smallest absolute Gasteiger partial charge is 0.267 e. The van der Waals surface area contributed by atoms with Crippen LogP contribution in [-0.2, 0) is 9.84 Å². The number of carbonyl (C=O) groups is 2. The highest BCUT2D eigenvalue weighted by Crippen LogP contribution is 2.26. The lowest BCUT2D eigenvalue weighted by atomic mass is 10.2. The van der Waals surface area contributed by atoms with Gasteiger partial charge in [-0.3, -0.25) is 25.4 Å². The van der Waals surface area contributed by atoms with Gasteiger partial charge in [-0.2, -0.15) is 0 Å². The van der Waals surface area contributed by atoms with Crippen LogP contribution in [0.2, 0.25) is 0 Å². The summed E-state index contributed by atoms with van der Waals surface area (Å²) in [6, 6.07) is 10.8. The average Bonchev–Trinajstić information content (AvgIpc) is 3.08. The first-order valence-corrected chi connectivity index (χ1v) is 10.8. The molecule has 28 heavy (non-hydrogen) atoms. The molecule has 8 nitrogen and oxygen atoms in total. The van der Waals surface area contributed by atoms with Gasteiger partial charge in [0.1, 0.15) is 9.88 Å². The van der Waals surface area contributed by atoms with Crippen LogP contribution in [0.25, 0.3) is 10.7 Å². The lowest BCUT2D eigenvalue weighted by Gasteiger charge is -2.07. The zero-order chi connectivity index (χ0) is 20.3. The lowest BCUT2D eigenvalue weighted by molar-refractivity contribution is 0.0848. The Hall–Kier alpha value is -3.11. The molecule has 0 spiro atoms. The van der Waals surface area contributed by atoms with E-state index in [4.69, 9.17) is 0 Å². The number of rotatable bonds is 4. The largest absolute Gasteiger partial charge is 0.281 e. The normalized spacial score (nSPS) is 11.1. The number of aromatic nitrogens is 2. The summed E-state index contributed by atoms with van der Waals surface area (Å²) in [5.41, 5.74) is 6.04. The number of amides is 2. The van der Waals surface area contributed by atoms with Crippen LogP contribution in [0.4, 0.5) is 0 Å². The van der Waals surface area contributed by atoms with E-state index in [1.54, 1.807) is 25.3 Å². The second kappa shape index (κ2) is 7.87. The second-order valence-electron chi connectivity index (χ2n) is 5.85. The van der Waals surface area contributed by atoms with Crippen molar-refractivity contribution in [1.29, 1.82) is 0 Å². The van der Waals surface area contributed by atoms with E-state index in [1.165, 1.54) is 35.6 Å². The molecule has 0 saturated carbocycles. The third kappa shape index (κ3) is 4.41. The number of nitrogens with zero attached hydrogens (tertiary/aromatic N) is 2. The van der Waals surface area contributed by atoms with E-state index in [2.05, 4.69) is 20.8 Å². The molecule has 10 heteroatoms. The molecular formula is C18H16N4O4S2. The van der Waals surface area contributed by atoms with Gasteiger partial charge in [-0.15, -0.1) is 11.3 Å². The molecule has 3 rings (SSSR count). The Morgan fingerprint density at radius 1 is 1.00 bits per heavy atom. The van der Waals surface area contributed by atoms with E-state index in [9.17, 15) is 18.0 Å². The fourth-order valence-corrected chi connectivity index (χ4v) is 3.87. The van der Waals surface area contributed by atoms with Crippen LogP contribution in [0, 0.1) is 6.92 Å². The third-order valence-electron chi connectivity index (χ3n) is 3.72. The summed E-state index contributed by atoms with van der Waals surface area (Å²) >= 11 is 1.17. The van der Waals surface area contributed by atoms with Gasteiger partial charge >= 0.3 is 0 Å². The van der Waals surface area contributed by atoms with Crippen LogP contribution < -0.4 is 10.9 Å². The summed E-state index contributed by atoms with van der Waals surface area (Å²) in [5.74, 6) is -1.07. The minimum absolute atomic E-state index is 0.107. The van der Waals surface area contributed by atoms with Gasteiger partial charge in [-0.05, 0) is 43.3 Å². The van der Waals surface area contributed by atoms with Crippen molar-refractivity contribution in [2.24, 2.45) is 0 Å². The Kier molecular flexibility index (Phi) is 5.52. The molecule has 0 radical (unpaired) electrons. The summed E-state index contributed by atoms with van der Waals surface area (Å²) < 4.78 is 22.9. The van der Waals surface area contributed by atoms with Crippen molar-refractivity contribution < 1.29 is 18.0 Å². The van der Waals surface area contributed by atoms with Gasteiger partial charge in [-0.25, -0.2) is 13.4 Å². The van der Waals surface area contributed by atoms with Gasteiger partial charge in [0.2, 0.25) is 0 Å². The number of hydrazine groups is 1. The maximum absolute atomic E-state index is 12.4. The van der Waals surface area contributed by atoms with Crippen molar-refractivity contribution in [2.45, 2.75) is 11.8 Å². The van der Waals surface area contributed by atoms with Crippen LogP contribution in [0.3, 0.4) is 0 Å². The highest BCUT2D eigenvalue weighted by molar-refractivity contribution is 7.90. The zero-order valence-electron chi connectivity index (χ0n) is 15.0. The van der Waals surface area contributed by atoms with Crippen LogP contribution in [0.5, 0.6) is 0 Å². The van der Waals surface area contributed by atoms with E-state index >= 15 is 0 Å². The number of hydrogen-bond acceptors (Lipinski definition) is 7. The molecule has 0 atom stereocenters. The summed E-state index contributed by atoms with van der Waals surface area (Å²) in [4.78, 5) is 33.5. The number of thiazole rings is 1. The number of nitrogens with one attached hydrogen (secondary N) is 2. The van der Waals surface area contributed by atoms with E-state index in [1.807, 2.05) is 6.07 Å². The Bertz CT molecular complexity index is 1120. The Labute approximate surface area is 165 Å². The van der Waals surface area contributed by atoms with Crippen molar-refractivity contribution in [3.63, 3.8) is 0 Å². The molecule has 2 N–H and O–H groups in total. The first-order valence-electron chi connectivity index (χ1n) is 8.05. The van der Waals surface area contributed by atoms with Gasteiger partial charge in [0.15, 0.2) is 9.84 Å². The fraction of sp³-hybridized carbons (Fsp3) is 0.111. The number of aryl methyl sites for hydroxylation is 1. The SMILES string of the molecule is Cc1nc(-c2ccccn2)sc1C(=O)NNC(=O)c1ccc(S(C)(=O)=O)cc1. The van der Waals surface area contributed by atoms with Gasteiger partial charge < -0.3 is 0 Å². The van der Waals surface area contributed by atoms with Crippen LogP contribution in [0.15, 0.2) is 53.6 Å². The van der Waals surface area contributed by atoms with Crippen molar-refractivity contribution in [3.05, 3.63) is 64.8 Å². The molecule has 2 heterocycles. The standard InChI is InChI=1S/C18H16N4O4S2/c1-11-15(27-18(20-11)14-5-3-4-10-19-14)17(24)22-21-16(23)12-6-8-13(9-7-12)28(2,25)26/h3-10H,1-2H3,(H,21,23)(H,22,24). The van der Waals surface area contributed by atoms with Crippen molar-refractivity contribution in [2.75, 3.05) is 6.26 Å². The van der Waals surface area contributed by atoms with Crippen LogP contribution in [-0.4, -0.2) is 36.5 Å². The number of pyridine rings is 1. The van der Waals surface area contributed by atoms with E-state index < -0.39 is 21.7 Å². The summed E-state index contributed by atoms with van der Waals surface area (Å²) in [6.45, 7) is 1.70. The number of hydrogen-bond donors (Lipinski definition) is 2. The molecule has 0 bridgehead atoms. The first-order chi connectivity index (χ1) is 13.3. The van der Waals surface area contributed by atoms with Gasteiger partial charge in [0.05, 0.1) is 16.3 Å².